The van der Waals surface area contributed by atoms with Crippen LogP contribution in [0.3, 0.4) is 0 Å². The fourth-order valence-corrected chi connectivity index (χ4v) is 0. The third-order valence-electron chi connectivity index (χ3n) is 0.258. The van der Waals surface area contributed by atoms with Gasteiger partial charge in [0, 0.05) is 32.7 Å². The number of aliphatic hydroxyl groups excluding tert-OH is 1. The molecule has 0 saturated heterocycles. The minimum atomic E-state index is -1.23. The molecule has 0 atom stereocenters. The van der Waals surface area contributed by atoms with Crippen molar-refractivity contribution in [3.8, 4) is 0 Å². The fraction of sp³-hybridized carbons (Fsp3) is 0.500. The Kier molecular flexibility index (Phi) is 22.6. The van der Waals surface area contributed by atoms with Crippen LogP contribution >= 0.6 is 0 Å². The van der Waals surface area contributed by atoms with Crippen LogP contribution in [0, 0.1) is 14.4 Å². The van der Waals surface area contributed by atoms with Gasteiger partial charge in [-0.1, -0.05) is 0 Å². The molecule has 3 heteroatoms. The first-order valence-electron chi connectivity index (χ1n) is 1.42. The van der Waals surface area contributed by atoms with Gasteiger partial charge in [0.25, 0.3) is 0 Å². The van der Waals surface area contributed by atoms with E-state index >= 15 is 0 Å². The molecule has 2 N–H and O–H groups in total. The Morgan fingerprint density at radius 2 is 1.57 bits per heavy atom. The Labute approximate surface area is 69.8 Å². The molecule has 0 aliphatic heterocycles. The van der Waals surface area contributed by atoms with E-state index in [1.165, 1.54) is 0 Å². The smallest absolute Gasteiger partial charge is 0.124 e. The number of hydrogen-bond donors (Lipinski definition) is 2. The van der Waals surface area contributed by atoms with E-state index in [1.807, 2.05) is 0 Å². The minimum absolute atomic E-state index is 0. The van der Waals surface area contributed by atoms with E-state index in [9.17, 15) is 0 Å². The van der Waals surface area contributed by atoms with E-state index in [1.54, 1.807) is 0 Å². The molecule has 0 aliphatic rings. The Morgan fingerprint density at radius 1 is 1.43 bits per heavy atom. The average molecular weight is 179 g/mol. The second-order valence-electron chi connectivity index (χ2n) is 0.769. The first-order valence-corrected chi connectivity index (χ1v) is 1.42. The van der Waals surface area contributed by atoms with Crippen LogP contribution in [0.1, 0.15) is 6.42 Å². The third kappa shape index (κ3) is 19.4. The Balaban J connectivity index is -0.0000000800. The fourth-order valence-electron chi connectivity index (χ4n) is 0. The molecule has 0 amide bonds. The van der Waals surface area contributed by atoms with Crippen molar-refractivity contribution in [2.75, 3.05) is 0 Å². The van der Waals surface area contributed by atoms with Crippen molar-refractivity contribution in [1.82, 2.24) is 0 Å². The predicted octanol–water partition coefficient (Wildman–Crippen LogP) is -0.0309. The van der Waals surface area contributed by atoms with Gasteiger partial charge >= 0.3 is 0 Å². The largest absolute Gasteiger partial charge is 0.371 e. The van der Waals surface area contributed by atoms with Crippen LogP contribution in [0.2, 0.25) is 0 Å². The molecule has 0 rings (SSSR count). The molecule has 0 aromatic heterocycles. The van der Waals surface area contributed by atoms with Crippen LogP contribution in [-0.4, -0.2) is 16.5 Å². The zero-order valence-corrected chi connectivity index (χ0v) is 7.30. The van der Waals surface area contributed by atoms with Gasteiger partial charge in [0.2, 0.25) is 0 Å². The van der Waals surface area contributed by atoms with Crippen molar-refractivity contribution in [1.29, 1.82) is 0 Å². The molecule has 0 unspecified atom stereocenters. The van der Waals surface area contributed by atoms with E-state index in [4.69, 9.17) is 10.2 Å². The third-order valence-corrected chi connectivity index (χ3v) is 0.258. The van der Waals surface area contributed by atoms with Crippen molar-refractivity contribution in [2.45, 2.75) is 12.7 Å². The maximum Gasteiger partial charge on any atom is 0.124 e. The average Bonchev–Trinajstić information content (AvgIpc) is 1.38. The molecular weight excluding hydrogens is 169 g/mol. The summed E-state index contributed by atoms with van der Waals surface area (Å²) < 4.78 is 0. The number of hydrogen-bond acceptors (Lipinski definition) is 2. The molecule has 0 aliphatic carbocycles. The van der Waals surface area contributed by atoms with Crippen molar-refractivity contribution < 1.29 is 42.9 Å². The SMILES string of the molecule is [CH2-]CC(O)O.[CH3-].[Y]. The van der Waals surface area contributed by atoms with Gasteiger partial charge in [0.15, 0.2) is 0 Å². The molecule has 43 valence electrons. The van der Waals surface area contributed by atoms with Crippen LogP contribution in [0.5, 0.6) is 0 Å². The summed E-state index contributed by atoms with van der Waals surface area (Å²) in [6.07, 6.45) is -1.06. The summed E-state index contributed by atoms with van der Waals surface area (Å²) in [5.41, 5.74) is 0. The van der Waals surface area contributed by atoms with E-state index in [0.29, 0.717) is 0 Å². The molecule has 1 radical (unpaired) electrons. The van der Waals surface area contributed by atoms with Crippen molar-refractivity contribution in [2.24, 2.45) is 0 Å². The van der Waals surface area contributed by atoms with Crippen LogP contribution in [-0.2, 0) is 32.7 Å². The summed E-state index contributed by atoms with van der Waals surface area (Å²) in [7, 11) is 0. The predicted molar refractivity (Wildman–Crippen MR) is 24.6 cm³/mol. The number of rotatable bonds is 1. The standard InChI is InChI=1S/C3H7O2.CH3.Y/c1-2-3(4)5;;/h3-5H,1-2H2;1H3;/q2*-1;. The van der Waals surface area contributed by atoms with Gasteiger partial charge < -0.3 is 24.6 Å². The van der Waals surface area contributed by atoms with Crippen molar-refractivity contribution in [3.63, 3.8) is 0 Å². The quantitative estimate of drug-likeness (QED) is 0.438. The van der Waals surface area contributed by atoms with Crippen LogP contribution in [0.4, 0.5) is 0 Å². The molecule has 0 aromatic rings. The molecular formula is C4H10O2Y-2. The van der Waals surface area contributed by atoms with Crippen LogP contribution < -0.4 is 0 Å². The van der Waals surface area contributed by atoms with Crippen molar-refractivity contribution in [3.05, 3.63) is 14.4 Å². The molecule has 0 bridgehead atoms. The van der Waals surface area contributed by atoms with Gasteiger partial charge in [-0.25, -0.2) is 0 Å². The van der Waals surface area contributed by atoms with Gasteiger partial charge in [0.1, 0.15) is 6.29 Å². The second kappa shape index (κ2) is 10.1. The van der Waals surface area contributed by atoms with Gasteiger partial charge in [-0.05, 0) is 0 Å². The minimum Gasteiger partial charge on any atom is -0.371 e. The molecule has 0 spiro atoms. The summed E-state index contributed by atoms with van der Waals surface area (Å²) in [5.74, 6) is 0. The molecule has 0 aromatic carbocycles. The van der Waals surface area contributed by atoms with E-state index in [-0.39, 0.29) is 46.6 Å². The zero-order chi connectivity index (χ0) is 4.28. The molecule has 7 heavy (non-hydrogen) atoms. The first-order chi connectivity index (χ1) is 2.27. The van der Waals surface area contributed by atoms with Crippen LogP contribution in [0.15, 0.2) is 0 Å². The zero-order valence-electron chi connectivity index (χ0n) is 4.46. The normalized spacial score (nSPS) is 6.86. The van der Waals surface area contributed by atoms with Gasteiger partial charge in [-0.2, -0.15) is 0 Å². The molecule has 0 saturated carbocycles. The van der Waals surface area contributed by atoms with E-state index in [2.05, 4.69) is 6.92 Å². The van der Waals surface area contributed by atoms with E-state index < -0.39 is 6.29 Å². The maximum atomic E-state index is 7.85. The van der Waals surface area contributed by atoms with Gasteiger partial charge in [-0.3, -0.25) is 0 Å². The van der Waals surface area contributed by atoms with Gasteiger partial charge in [-0.15, -0.1) is 6.42 Å². The molecule has 0 heterocycles. The second-order valence-corrected chi connectivity index (χ2v) is 0.769. The van der Waals surface area contributed by atoms with Crippen LogP contribution in [0.25, 0.3) is 0 Å². The Bertz CT molecular complexity index is 23.7. The van der Waals surface area contributed by atoms with Gasteiger partial charge in [0.05, 0.1) is 0 Å². The Hall–Kier alpha value is 1.02. The summed E-state index contributed by atoms with van der Waals surface area (Å²) in [5, 5.41) is 15.7. The Morgan fingerprint density at radius 3 is 1.57 bits per heavy atom. The molecule has 0 fully saturated rings. The van der Waals surface area contributed by atoms with E-state index in [0.717, 1.165) is 0 Å². The summed E-state index contributed by atoms with van der Waals surface area (Å²) >= 11 is 0. The summed E-state index contributed by atoms with van der Waals surface area (Å²) in [6, 6.07) is 0. The monoisotopic (exact) mass is 179 g/mol. The summed E-state index contributed by atoms with van der Waals surface area (Å²) in [4.78, 5) is 0. The maximum absolute atomic E-state index is 7.85. The first kappa shape index (κ1) is 15.7. The van der Waals surface area contributed by atoms with Crippen molar-refractivity contribution >= 4 is 0 Å². The molecule has 2 nitrogen and oxygen atoms in total. The number of aliphatic hydroxyl groups is 2. The summed E-state index contributed by atoms with van der Waals surface area (Å²) in [6.45, 7) is 3.19. The topological polar surface area (TPSA) is 40.5 Å².